The van der Waals surface area contributed by atoms with Gasteiger partial charge in [0, 0.05) is 17.1 Å². The van der Waals surface area contributed by atoms with Crippen molar-refractivity contribution in [3.63, 3.8) is 0 Å². The van der Waals surface area contributed by atoms with Crippen LogP contribution in [-0.4, -0.2) is 30.4 Å². The van der Waals surface area contributed by atoms with E-state index in [0.717, 1.165) is 23.7 Å². The first kappa shape index (κ1) is 18.0. The van der Waals surface area contributed by atoms with E-state index in [1.165, 1.54) is 24.8 Å². The molecule has 1 heterocycles. The lowest BCUT2D eigenvalue weighted by Gasteiger charge is -2.35. The van der Waals surface area contributed by atoms with E-state index >= 15 is 0 Å². The third-order valence-corrected chi connectivity index (χ3v) is 5.11. The van der Waals surface area contributed by atoms with Crippen LogP contribution in [0.15, 0.2) is 48.5 Å². The molecule has 1 aliphatic heterocycles. The average molecular weight is 357 g/mol. The third kappa shape index (κ3) is 4.83. The van der Waals surface area contributed by atoms with Crippen molar-refractivity contribution >= 4 is 17.5 Å². The van der Waals surface area contributed by atoms with Crippen LogP contribution in [0.4, 0.5) is 0 Å². The molecule has 0 unspecified atom stereocenters. The van der Waals surface area contributed by atoms with Crippen molar-refractivity contribution in [1.82, 2.24) is 10.2 Å². The molecule has 1 N–H and O–H groups in total. The van der Waals surface area contributed by atoms with Crippen LogP contribution in [0, 0.1) is 6.92 Å². The number of carbonyl (C=O) groups is 1. The van der Waals surface area contributed by atoms with Crippen molar-refractivity contribution in [2.45, 2.75) is 32.2 Å². The zero-order chi connectivity index (χ0) is 17.6. The number of nitrogens with one attached hydrogen (secondary N) is 1. The van der Waals surface area contributed by atoms with Gasteiger partial charge in [0.05, 0.1) is 6.04 Å². The van der Waals surface area contributed by atoms with Gasteiger partial charge in [-0.05, 0) is 62.7 Å². The molecule has 1 atom stereocenters. The van der Waals surface area contributed by atoms with E-state index in [2.05, 4.69) is 22.3 Å². The van der Waals surface area contributed by atoms with E-state index in [-0.39, 0.29) is 11.9 Å². The Morgan fingerprint density at radius 2 is 1.68 bits per heavy atom. The standard InChI is InChI=1S/C21H25ClN2O/c1-16-5-7-18(8-6-16)21(25)23-15-20(24-13-3-2-4-14-24)17-9-11-19(22)12-10-17/h5-12,20H,2-4,13-15H2,1H3,(H,23,25)/t20-/m0/s1. The first-order chi connectivity index (χ1) is 12.1. The lowest BCUT2D eigenvalue weighted by Crippen LogP contribution is -2.40. The van der Waals surface area contributed by atoms with Crippen molar-refractivity contribution in [3.8, 4) is 0 Å². The van der Waals surface area contributed by atoms with E-state index in [0.29, 0.717) is 12.1 Å². The van der Waals surface area contributed by atoms with Crippen molar-refractivity contribution in [2.24, 2.45) is 0 Å². The van der Waals surface area contributed by atoms with Gasteiger partial charge in [-0.2, -0.15) is 0 Å². The number of hydrogen-bond donors (Lipinski definition) is 1. The molecule has 2 aromatic carbocycles. The number of hydrogen-bond acceptors (Lipinski definition) is 2. The quantitative estimate of drug-likeness (QED) is 0.848. The molecule has 0 bridgehead atoms. The summed E-state index contributed by atoms with van der Waals surface area (Å²) in [4.78, 5) is 15.0. The SMILES string of the molecule is Cc1ccc(C(=O)NC[C@@H](c2ccc(Cl)cc2)N2CCCCC2)cc1. The van der Waals surface area contributed by atoms with Crippen molar-refractivity contribution < 1.29 is 4.79 Å². The monoisotopic (exact) mass is 356 g/mol. The number of carbonyl (C=O) groups excluding carboxylic acids is 1. The Labute approximate surface area is 155 Å². The summed E-state index contributed by atoms with van der Waals surface area (Å²) < 4.78 is 0. The fourth-order valence-corrected chi connectivity index (χ4v) is 3.50. The summed E-state index contributed by atoms with van der Waals surface area (Å²) in [5.41, 5.74) is 3.07. The lowest BCUT2D eigenvalue weighted by atomic mass is 10.0. The summed E-state index contributed by atoms with van der Waals surface area (Å²) in [5, 5.41) is 3.86. The molecule has 0 aliphatic carbocycles. The number of likely N-dealkylation sites (tertiary alicyclic amines) is 1. The molecule has 0 aromatic heterocycles. The minimum Gasteiger partial charge on any atom is -0.350 e. The zero-order valence-electron chi connectivity index (χ0n) is 14.7. The molecule has 3 rings (SSSR count). The fourth-order valence-electron chi connectivity index (χ4n) is 3.37. The molecular weight excluding hydrogens is 332 g/mol. The molecule has 3 nitrogen and oxygen atoms in total. The van der Waals surface area contributed by atoms with Gasteiger partial charge in [0.15, 0.2) is 0 Å². The van der Waals surface area contributed by atoms with Crippen LogP contribution in [-0.2, 0) is 0 Å². The van der Waals surface area contributed by atoms with E-state index in [1.807, 2.05) is 43.3 Å². The van der Waals surface area contributed by atoms with Crippen LogP contribution in [0.1, 0.15) is 46.8 Å². The van der Waals surface area contributed by atoms with E-state index in [4.69, 9.17) is 11.6 Å². The lowest BCUT2D eigenvalue weighted by molar-refractivity contribution is 0.0924. The van der Waals surface area contributed by atoms with Gasteiger partial charge in [-0.25, -0.2) is 0 Å². The predicted octanol–water partition coefficient (Wildman–Crippen LogP) is 4.61. The summed E-state index contributed by atoms with van der Waals surface area (Å²) in [6, 6.07) is 15.9. The smallest absolute Gasteiger partial charge is 0.251 e. The fraction of sp³-hybridized carbons (Fsp3) is 0.381. The van der Waals surface area contributed by atoms with Gasteiger partial charge >= 0.3 is 0 Å². The summed E-state index contributed by atoms with van der Waals surface area (Å²) in [6.07, 6.45) is 3.73. The van der Waals surface area contributed by atoms with Gasteiger partial charge < -0.3 is 5.32 Å². The number of rotatable bonds is 5. The van der Waals surface area contributed by atoms with Crippen molar-refractivity contribution in [1.29, 1.82) is 0 Å². The molecule has 2 aromatic rings. The maximum Gasteiger partial charge on any atom is 0.251 e. The van der Waals surface area contributed by atoms with E-state index in [9.17, 15) is 4.79 Å². The first-order valence-corrected chi connectivity index (χ1v) is 9.35. The molecule has 1 saturated heterocycles. The molecule has 132 valence electrons. The number of nitrogens with zero attached hydrogens (tertiary/aromatic N) is 1. The van der Waals surface area contributed by atoms with Gasteiger partial charge in [-0.3, -0.25) is 9.69 Å². The van der Waals surface area contributed by atoms with Gasteiger partial charge in [-0.1, -0.05) is 47.9 Å². The predicted molar refractivity (Wildman–Crippen MR) is 103 cm³/mol. The number of aryl methyl sites for hydroxylation is 1. The van der Waals surface area contributed by atoms with E-state index < -0.39 is 0 Å². The van der Waals surface area contributed by atoms with Gasteiger partial charge in [0.25, 0.3) is 5.91 Å². The summed E-state index contributed by atoms with van der Waals surface area (Å²) >= 11 is 6.04. The number of piperidine rings is 1. The van der Waals surface area contributed by atoms with Crippen LogP contribution in [0.25, 0.3) is 0 Å². The Balaban J connectivity index is 1.71. The number of halogens is 1. The largest absolute Gasteiger partial charge is 0.350 e. The second-order valence-electron chi connectivity index (χ2n) is 6.74. The highest BCUT2D eigenvalue weighted by atomic mass is 35.5. The second-order valence-corrected chi connectivity index (χ2v) is 7.18. The minimum absolute atomic E-state index is 0.0176. The number of benzene rings is 2. The number of amides is 1. The summed E-state index contributed by atoms with van der Waals surface area (Å²) in [6.45, 7) is 4.78. The van der Waals surface area contributed by atoms with Crippen molar-refractivity contribution in [2.75, 3.05) is 19.6 Å². The topological polar surface area (TPSA) is 32.3 Å². The van der Waals surface area contributed by atoms with Gasteiger partial charge in [0.1, 0.15) is 0 Å². The molecule has 0 radical (unpaired) electrons. The minimum atomic E-state index is -0.0176. The van der Waals surface area contributed by atoms with Crippen LogP contribution < -0.4 is 5.32 Å². The Morgan fingerprint density at radius 1 is 1.04 bits per heavy atom. The maximum atomic E-state index is 12.5. The van der Waals surface area contributed by atoms with Crippen LogP contribution in [0.3, 0.4) is 0 Å². The highest BCUT2D eigenvalue weighted by Gasteiger charge is 2.23. The highest BCUT2D eigenvalue weighted by Crippen LogP contribution is 2.25. The highest BCUT2D eigenvalue weighted by molar-refractivity contribution is 6.30. The molecular formula is C21H25ClN2O. The van der Waals surface area contributed by atoms with Crippen LogP contribution >= 0.6 is 11.6 Å². The van der Waals surface area contributed by atoms with Crippen molar-refractivity contribution in [3.05, 3.63) is 70.2 Å². The molecule has 4 heteroatoms. The Hall–Kier alpha value is -1.84. The normalized spacial score (nSPS) is 16.4. The Kier molecular flexibility index (Phi) is 6.11. The first-order valence-electron chi connectivity index (χ1n) is 8.98. The van der Waals surface area contributed by atoms with Crippen LogP contribution in [0.5, 0.6) is 0 Å². The molecule has 25 heavy (non-hydrogen) atoms. The van der Waals surface area contributed by atoms with Gasteiger partial charge in [-0.15, -0.1) is 0 Å². The summed E-state index contributed by atoms with van der Waals surface area (Å²) in [5.74, 6) is -0.0176. The van der Waals surface area contributed by atoms with Gasteiger partial charge in [0.2, 0.25) is 0 Å². The third-order valence-electron chi connectivity index (χ3n) is 4.86. The molecule has 1 amide bonds. The van der Waals surface area contributed by atoms with E-state index in [1.54, 1.807) is 0 Å². The maximum absolute atomic E-state index is 12.5. The van der Waals surface area contributed by atoms with Crippen LogP contribution in [0.2, 0.25) is 5.02 Å². The Bertz CT molecular complexity index is 691. The molecule has 1 aliphatic rings. The average Bonchev–Trinajstić information content (AvgIpc) is 2.64. The molecule has 1 fully saturated rings. The zero-order valence-corrected chi connectivity index (χ0v) is 15.4. The summed E-state index contributed by atoms with van der Waals surface area (Å²) in [7, 11) is 0. The molecule has 0 saturated carbocycles. The molecule has 0 spiro atoms. The second kappa shape index (κ2) is 8.50. The Morgan fingerprint density at radius 3 is 2.32 bits per heavy atom.